The maximum atomic E-state index is 14.0. The minimum Gasteiger partial charge on any atom is -0.498 e. The maximum absolute atomic E-state index is 14.0. The maximum Gasteiger partial charge on any atom is 0.243 e. The number of sulfonamides is 1. The van der Waals surface area contributed by atoms with Crippen LogP contribution in [0.3, 0.4) is 0 Å². The molecule has 1 fully saturated rings. The Balaban J connectivity index is 1.55. The standard InChI is InChI=1S/C31H36N2O3S/c1-4-23-13-15-24(16-14-23)28-20-31(36-5-2)27-21-33(37(34,35)26-17-11-22(3)12-18-26)30(19-29(27)32-28)25-9-7-6-8-10-25/h6-18,28-30,32H,4-5,19-21H2,1-3H3. The van der Waals surface area contributed by atoms with Gasteiger partial charge < -0.3 is 10.1 Å². The first-order valence-corrected chi connectivity index (χ1v) is 14.7. The number of nitrogens with zero attached hydrogens (tertiary/aromatic N) is 1. The van der Waals surface area contributed by atoms with Gasteiger partial charge in [0.05, 0.1) is 23.3 Å². The summed E-state index contributed by atoms with van der Waals surface area (Å²) >= 11 is 0. The normalized spacial score (nSPS) is 22.5. The van der Waals surface area contributed by atoms with Crippen LogP contribution < -0.4 is 5.32 Å². The molecule has 37 heavy (non-hydrogen) atoms. The fraction of sp³-hybridized carbons (Fsp3) is 0.355. The second-order valence-corrected chi connectivity index (χ2v) is 11.9. The molecular formula is C31H36N2O3S. The molecule has 0 spiro atoms. The van der Waals surface area contributed by atoms with Crippen LogP contribution in [0.15, 0.2) is 95.1 Å². The molecule has 1 N–H and O–H groups in total. The highest BCUT2D eigenvalue weighted by Crippen LogP contribution is 2.42. The molecule has 194 valence electrons. The van der Waals surface area contributed by atoms with Crippen LogP contribution in [0.1, 0.15) is 61.0 Å². The number of aryl methyl sites for hydroxylation is 2. The number of benzene rings is 3. The molecule has 2 aliphatic heterocycles. The first kappa shape index (κ1) is 25.7. The number of piperidine rings is 1. The van der Waals surface area contributed by atoms with Crippen LogP contribution in [0.4, 0.5) is 0 Å². The molecule has 0 amide bonds. The third-order valence-corrected chi connectivity index (χ3v) is 9.49. The van der Waals surface area contributed by atoms with Crippen molar-refractivity contribution >= 4 is 10.0 Å². The van der Waals surface area contributed by atoms with E-state index < -0.39 is 10.0 Å². The quantitative estimate of drug-likeness (QED) is 0.413. The van der Waals surface area contributed by atoms with Gasteiger partial charge in [-0.3, -0.25) is 0 Å². The van der Waals surface area contributed by atoms with Crippen LogP contribution in [-0.4, -0.2) is 31.9 Å². The van der Waals surface area contributed by atoms with E-state index in [1.165, 1.54) is 11.1 Å². The zero-order valence-corrected chi connectivity index (χ0v) is 22.7. The Kier molecular flexibility index (Phi) is 7.52. The molecule has 5 nitrogen and oxygen atoms in total. The van der Waals surface area contributed by atoms with Crippen molar-refractivity contribution < 1.29 is 13.2 Å². The summed E-state index contributed by atoms with van der Waals surface area (Å²) in [5.74, 6) is 0.923. The van der Waals surface area contributed by atoms with Gasteiger partial charge >= 0.3 is 0 Å². The van der Waals surface area contributed by atoms with Crippen molar-refractivity contribution in [2.75, 3.05) is 13.2 Å². The molecule has 1 saturated heterocycles. The van der Waals surface area contributed by atoms with Crippen LogP contribution in [0.5, 0.6) is 0 Å². The van der Waals surface area contributed by atoms with Gasteiger partial charge in [-0.1, -0.05) is 79.2 Å². The van der Waals surface area contributed by atoms with Crippen molar-refractivity contribution in [1.82, 2.24) is 9.62 Å². The molecule has 2 heterocycles. The number of fused-ring (bicyclic) bond motifs is 1. The molecule has 3 aromatic rings. The first-order chi connectivity index (χ1) is 17.9. The van der Waals surface area contributed by atoms with Crippen LogP contribution in [0, 0.1) is 6.92 Å². The summed E-state index contributed by atoms with van der Waals surface area (Å²) in [6, 6.07) is 25.8. The largest absolute Gasteiger partial charge is 0.498 e. The highest BCUT2D eigenvalue weighted by molar-refractivity contribution is 7.89. The Hall–Kier alpha value is -2.93. The fourth-order valence-electron chi connectivity index (χ4n) is 5.54. The topological polar surface area (TPSA) is 58.6 Å². The van der Waals surface area contributed by atoms with Crippen molar-refractivity contribution in [3.63, 3.8) is 0 Å². The highest BCUT2D eigenvalue weighted by Gasteiger charge is 2.43. The summed E-state index contributed by atoms with van der Waals surface area (Å²) in [4.78, 5) is 0.328. The van der Waals surface area contributed by atoms with E-state index in [4.69, 9.17) is 4.74 Å². The summed E-state index contributed by atoms with van der Waals surface area (Å²) in [6.07, 6.45) is 2.36. The summed E-state index contributed by atoms with van der Waals surface area (Å²) in [5.41, 5.74) is 5.64. The van der Waals surface area contributed by atoms with E-state index in [0.29, 0.717) is 30.9 Å². The zero-order valence-electron chi connectivity index (χ0n) is 21.9. The van der Waals surface area contributed by atoms with Gasteiger partial charge in [0.25, 0.3) is 0 Å². The number of rotatable bonds is 7. The van der Waals surface area contributed by atoms with E-state index >= 15 is 0 Å². The summed E-state index contributed by atoms with van der Waals surface area (Å²) in [7, 11) is -3.72. The Morgan fingerprint density at radius 3 is 2.24 bits per heavy atom. The van der Waals surface area contributed by atoms with Crippen molar-refractivity contribution in [2.45, 2.75) is 63.1 Å². The lowest BCUT2D eigenvalue weighted by molar-refractivity contribution is 0.164. The van der Waals surface area contributed by atoms with Crippen molar-refractivity contribution in [1.29, 1.82) is 0 Å². The van der Waals surface area contributed by atoms with E-state index in [-0.39, 0.29) is 18.1 Å². The predicted molar refractivity (Wildman–Crippen MR) is 148 cm³/mol. The average molecular weight is 517 g/mol. The van der Waals surface area contributed by atoms with Gasteiger partial charge in [-0.05, 0) is 61.1 Å². The predicted octanol–water partition coefficient (Wildman–Crippen LogP) is 6.09. The Bertz CT molecular complexity index is 1350. The smallest absolute Gasteiger partial charge is 0.243 e. The highest BCUT2D eigenvalue weighted by atomic mass is 32.2. The van der Waals surface area contributed by atoms with Crippen LogP contribution in [-0.2, 0) is 21.2 Å². The van der Waals surface area contributed by atoms with Crippen LogP contribution >= 0.6 is 0 Å². The van der Waals surface area contributed by atoms with E-state index in [9.17, 15) is 8.42 Å². The second-order valence-electron chi connectivity index (χ2n) is 9.98. The number of hydrogen-bond acceptors (Lipinski definition) is 4. The lowest BCUT2D eigenvalue weighted by atomic mass is 9.84. The van der Waals surface area contributed by atoms with Crippen LogP contribution in [0.2, 0.25) is 0 Å². The Morgan fingerprint density at radius 1 is 0.892 bits per heavy atom. The number of nitrogens with one attached hydrogen (secondary N) is 1. The van der Waals surface area contributed by atoms with Gasteiger partial charge in [0, 0.05) is 25.0 Å². The van der Waals surface area contributed by atoms with E-state index in [0.717, 1.165) is 28.9 Å². The summed E-state index contributed by atoms with van der Waals surface area (Å²) < 4.78 is 35.9. The van der Waals surface area contributed by atoms with Gasteiger partial charge in [0.15, 0.2) is 0 Å². The molecule has 3 unspecified atom stereocenters. The van der Waals surface area contributed by atoms with Crippen molar-refractivity contribution in [3.8, 4) is 0 Å². The summed E-state index contributed by atoms with van der Waals surface area (Å²) in [5, 5.41) is 3.86. The SMILES string of the molecule is CCOC1=C2CN(S(=O)(=O)c3ccc(C)cc3)C(c3ccccc3)CC2NC(c2ccc(CC)cc2)C1. The molecule has 3 aromatic carbocycles. The third kappa shape index (κ3) is 5.24. The van der Waals surface area contributed by atoms with E-state index in [1.54, 1.807) is 16.4 Å². The Labute approximate surface area is 221 Å². The second kappa shape index (κ2) is 10.8. The molecule has 2 aliphatic rings. The first-order valence-electron chi connectivity index (χ1n) is 13.2. The molecule has 0 aromatic heterocycles. The minimum absolute atomic E-state index is 0.0285. The average Bonchev–Trinajstić information content (AvgIpc) is 2.93. The van der Waals surface area contributed by atoms with E-state index in [2.05, 4.69) is 36.5 Å². The molecular weight excluding hydrogens is 480 g/mol. The summed E-state index contributed by atoms with van der Waals surface area (Å²) in [6.45, 7) is 6.99. The fourth-order valence-corrected chi connectivity index (χ4v) is 7.14. The molecule has 0 bridgehead atoms. The molecule has 0 aliphatic carbocycles. The van der Waals surface area contributed by atoms with Gasteiger partial charge in [0.2, 0.25) is 10.0 Å². The molecule has 5 rings (SSSR count). The van der Waals surface area contributed by atoms with Crippen LogP contribution in [0.25, 0.3) is 0 Å². The molecule has 3 atom stereocenters. The molecule has 0 radical (unpaired) electrons. The molecule has 6 heteroatoms. The van der Waals surface area contributed by atoms with Crippen molar-refractivity contribution in [2.24, 2.45) is 0 Å². The van der Waals surface area contributed by atoms with Gasteiger partial charge in [-0.15, -0.1) is 0 Å². The van der Waals surface area contributed by atoms with Gasteiger partial charge in [0.1, 0.15) is 0 Å². The number of ether oxygens (including phenoxy) is 1. The monoisotopic (exact) mass is 516 g/mol. The lowest BCUT2D eigenvalue weighted by Gasteiger charge is -2.45. The Morgan fingerprint density at radius 2 is 1.59 bits per heavy atom. The van der Waals surface area contributed by atoms with Gasteiger partial charge in [-0.25, -0.2) is 8.42 Å². The zero-order chi connectivity index (χ0) is 26.0. The van der Waals surface area contributed by atoms with Gasteiger partial charge in [-0.2, -0.15) is 4.31 Å². The molecule has 0 saturated carbocycles. The third-order valence-electron chi connectivity index (χ3n) is 7.62. The lowest BCUT2D eigenvalue weighted by Crippen LogP contribution is -2.51. The number of hydrogen-bond donors (Lipinski definition) is 1. The van der Waals surface area contributed by atoms with Crippen molar-refractivity contribution in [3.05, 3.63) is 112 Å². The van der Waals surface area contributed by atoms with E-state index in [1.807, 2.05) is 56.3 Å². The minimum atomic E-state index is -3.72.